The number of nitrogens with two attached hydrogens (primary N) is 1. The summed E-state index contributed by atoms with van der Waals surface area (Å²) in [5.41, 5.74) is 5.56. The highest BCUT2D eigenvalue weighted by atomic mass is 35.5. The van der Waals surface area contributed by atoms with Gasteiger partial charge in [0.15, 0.2) is 0 Å². The van der Waals surface area contributed by atoms with Crippen LogP contribution in [-0.4, -0.2) is 21.1 Å². The van der Waals surface area contributed by atoms with Gasteiger partial charge in [-0.05, 0) is 42.2 Å². The van der Waals surface area contributed by atoms with Crippen LogP contribution >= 0.6 is 11.6 Å². The Labute approximate surface area is 118 Å². The second kappa shape index (κ2) is 5.90. The first-order chi connectivity index (χ1) is 8.95. The van der Waals surface area contributed by atoms with Gasteiger partial charge in [-0.2, -0.15) is 15.0 Å². The zero-order valence-electron chi connectivity index (χ0n) is 11.6. The lowest BCUT2D eigenvalue weighted by Crippen LogP contribution is -2.36. The Bertz CT molecular complexity index is 420. The number of hydrogen-bond donors (Lipinski definition) is 1. The van der Waals surface area contributed by atoms with E-state index in [0.717, 1.165) is 6.42 Å². The number of aromatic nitrogens is 3. The number of rotatable bonds is 3. The molecule has 0 aromatic carbocycles. The first-order valence-corrected chi connectivity index (χ1v) is 7.17. The monoisotopic (exact) mass is 284 g/mol. The van der Waals surface area contributed by atoms with Crippen molar-refractivity contribution in [1.82, 2.24) is 15.0 Å². The number of halogens is 1. The number of nitrogen functional groups attached to an aromatic ring is 1. The van der Waals surface area contributed by atoms with Crippen LogP contribution in [-0.2, 0) is 0 Å². The third-order valence-corrected chi connectivity index (χ3v) is 3.99. The molecule has 0 aliphatic heterocycles. The van der Waals surface area contributed by atoms with Gasteiger partial charge in [0, 0.05) is 0 Å². The third-order valence-electron chi connectivity index (χ3n) is 3.82. The van der Waals surface area contributed by atoms with Crippen molar-refractivity contribution in [3.05, 3.63) is 5.28 Å². The number of hydrogen-bond acceptors (Lipinski definition) is 5. The maximum atomic E-state index is 5.93. The van der Waals surface area contributed by atoms with Crippen LogP contribution < -0.4 is 10.5 Å². The first kappa shape index (κ1) is 14.3. The molecule has 1 aliphatic carbocycles. The van der Waals surface area contributed by atoms with E-state index in [9.17, 15) is 0 Å². The molecule has 1 aromatic heterocycles. The maximum absolute atomic E-state index is 5.93. The molecule has 106 valence electrons. The van der Waals surface area contributed by atoms with Gasteiger partial charge < -0.3 is 10.5 Å². The molecule has 1 heterocycles. The van der Waals surface area contributed by atoms with Crippen LogP contribution in [0.1, 0.15) is 40.0 Å². The Morgan fingerprint density at radius 1 is 1.26 bits per heavy atom. The molecule has 19 heavy (non-hydrogen) atoms. The molecular weight excluding hydrogens is 264 g/mol. The molecule has 1 fully saturated rings. The van der Waals surface area contributed by atoms with Crippen molar-refractivity contribution in [2.75, 3.05) is 5.73 Å². The molecule has 0 amide bonds. The van der Waals surface area contributed by atoms with E-state index >= 15 is 0 Å². The van der Waals surface area contributed by atoms with Crippen LogP contribution in [0, 0.1) is 17.8 Å². The molecule has 2 N–H and O–H groups in total. The summed E-state index contributed by atoms with van der Waals surface area (Å²) in [6.07, 6.45) is 3.58. The van der Waals surface area contributed by atoms with Crippen molar-refractivity contribution in [1.29, 1.82) is 0 Å². The summed E-state index contributed by atoms with van der Waals surface area (Å²) in [6.45, 7) is 6.71. The number of nitrogens with zero attached hydrogens (tertiary/aromatic N) is 3. The van der Waals surface area contributed by atoms with Gasteiger partial charge in [0.2, 0.25) is 11.2 Å². The fourth-order valence-electron chi connectivity index (χ4n) is 2.78. The van der Waals surface area contributed by atoms with E-state index in [2.05, 4.69) is 35.7 Å². The SMILES string of the molecule is CC1CCC(C(C)C)C(Oc2nc(N)nc(Cl)n2)C1. The molecule has 0 saturated heterocycles. The average molecular weight is 285 g/mol. The summed E-state index contributed by atoms with van der Waals surface area (Å²) in [5.74, 6) is 1.86. The molecule has 1 aliphatic rings. The lowest BCUT2D eigenvalue weighted by atomic mass is 9.75. The fraction of sp³-hybridized carbons (Fsp3) is 0.769. The van der Waals surface area contributed by atoms with E-state index < -0.39 is 0 Å². The Kier molecular flexibility index (Phi) is 4.45. The van der Waals surface area contributed by atoms with E-state index in [1.54, 1.807) is 0 Å². The van der Waals surface area contributed by atoms with E-state index in [1.165, 1.54) is 12.8 Å². The van der Waals surface area contributed by atoms with Crippen LogP contribution in [0.15, 0.2) is 0 Å². The van der Waals surface area contributed by atoms with E-state index in [0.29, 0.717) is 17.8 Å². The zero-order valence-corrected chi connectivity index (χ0v) is 12.4. The van der Waals surface area contributed by atoms with E-state index in [4.69, 9.17) is 22.1 Å². The summed E-state index contributed by atoms with van der Waals surface area (Å²) in [7, 11) is 0. The quantitative estimate of drug-likeness (QED) is 0.924. The van der Waals surface area contributed by atoms with Crippen LogP contribution in [0.5, 0.6) is 6.01 Å². The molecule has 0 radical (unpaired) electrons. The summed E-state index contributed by atoms with van der Waals surface area (Å²) in [4.78, 5) is 11.7. The minimum Gasteiger partial charge on any atom is -0.460 e. The summed E-state index contributed by atoms with van der Waals surface area (Å²) in [6, 6.07) is 0.238. The van der Waals surface area contributed by atoms with Gasteiger partial charge in [0.05, 0.1) is 0 Å². The topological polar surface area (TPSA) is 73.9 Å². The van der Waals surface area contributed by atoms with Crippen molar-refractivity contribution in [2.45, 2.75) is 46.1 Å². The second-order valence-corrected chi connectivity index (χ2v) is 6.07. The van der Waals surface area contributed by atoms with Crippen LogP contribution in [0.25, 0.3) is 0 Å². The Morgan fingerprint density at radius 3 is 2.63 bits per heavy atom. The van der Waals surface area contributed by atoms with Crippen molar-refractivity contribution in [3.63, 3.8) is 0 Å². The fourth-order valence-corrected chi connectivity index (χ4v) is 2.94. The zero-order chi connectivity index (χ0) is 14.0. The predicted octanol–water partition coefficient (Wildman–Crippen LogP) is 2.95. The third kappa shape index (κ3) is 3.69. The van der Waals surface area contributed by atoms with Crippen molar-refractivity contribution < 1.29 is 4.74 Å². The van der Waals surface area contributed by atoms with Crippen molar-refractivity contribution in [3.8, 4) is 6.01 Å². The molecule has 2 rings (SSSR count). The molecule has 0 spiro atoms. The largest absolute Gasteiger partial charge is 0.460 e. The highest BCUT2D eigenvalue weighted by Crippen LogP contribution is 2.35. The smallest absolute Gasteiger partial charge is 0.322 e. The van der Waals surface area contributed by atoms with Crippen molar-refractivity contribution >= 4 is 17.5 Å². The first-order valence-electron chi connectivity index (χ1n) is 6.79. The summed E-state index contributed by atoms with van der Waals surface area (Å²) >= 11 is 5.77. The molecule has 1 saturated carbocycles. The molecule has 5 nitrogen and oxygen atoms in total. The minimum atomic E-state index is 0.0763. The lowest BCUT2D eigenvalue weighted by molar-refractivity contribution is 0.0389. The molecule has 3 atom stereocenters. The number of ether oxygens (including phenoxy) is 1. The Morgan fingerprint density at radius 2 is 2.00 bits per heavy atom. The van der Waals surface area contributed by atoms with Gasteiger partial charge in [-0.25, -0.2) is 0 Å². The molecule has 6 heteroatoms. The standard InChI is InChI=1S/C13H21ClN4O/c1-7(2)9-5-4-8(3)6-10(9)19-13-17-11(14)16-12(15)18-13/h7-10H,4-6H2,1-3H3,(H2,15,16,17,18). The van der Waals surface area contributed by atoms with Crippen LogP contribution in [0.2, 0.25) is 5.28 Å². The van der Waals surface area contributed by atoms with Gasteiger partial charge in [-0.1, -0.05) is 27.2 Å². The molecule has 1 aromatic rings. The maximum Gasteiger partial charge on any atom is 0.322 e. The van der Waals surface area contributed by atoms with E-state index in [-0.39, 0.29) is 23.3 Å². The normalized spacial score (nSPS) is 27.5. The minimum absolute atomic E-state index is 0.0763. The molecular formula is C13H21ClN4O. The highest BCUT2D eigenvalue weighted by Gasteiger charge is 2.32. The highest BCUT2D eigenvalue weighted by molar-refractivity contribution is 6.28. The summed E-state index contributed by atoms with van der Waals surface area (Å²) < 4.78 is 5.93. The van der Waals surface area contributed by atoms with Gasteiger partial charge in [-0.3, -0.25) is 0 Å². The van der Waals surface area contributed by atoms with Crippen molar-refractivity contribution in [2.24, 2.45) is 17.8 Å². The second-order valence-electron chi connectivity index (χ2n) is 5.73. The van der Waals surface area contributed by atoms with E-state index in [1.807, 2.05) is 0 Å². The average Bonchev–Trinajstić information content (AvgIpc) is 2.26. The van der Waals surface area contributed by atoms with Gasteiger partial charge in [-0.15, -0.1) is 0 Å². The van der Waals surface area contributed by atoms with Crippen LogP contribution in [0.4, 0.5) is 5.95 Å². The lowest BCUT2D eigenvalue weighted by Gasteiger charge is -2.36. The molecule has 3 unspecified atom stereocenters. The number of anilines is 1. The Hall–Kier alpha value is -1.10. The van der Waals surface area contributed by atoms with Gasteiger partial charge >= 0.3 is 6.01 Å². The Balaban J connectivity index is 2.13. The van der Waals surface area contributed by atoms with Crippen LogP contribution in [0.3, 0.4) is 0 Å². The molecule has 0 bridgehead atoms. The van der Waals surface area contributed by atoms with Gasteiger partial charge in [0.25, 0.3) is 0 Å². The van der Waals surface area contributed by atoms with Gasteiger partial charge in [0.1, 0.15) is 6.10 Å². The predicted molar refractivity (Wildman–Crippen MR) is 75.0 cm³/mol. The summed E-state index contributed by atoms with van der Waals surface area (Å²) in [5, 5.41) is 0.0763.